The van der Waals surface area contributed by atoms with Gasteiger partial charge in [-0.2, -0.15) is 0 Å². The molecule has 0 aliphatic rings. The number of rotatable bonds is 4. The van der Waals surface area contributed by atoms with Crippen molar-refractivity contribution in [2.75, 3.05) is 12.3 Å². The zero-order valence-corrected chi connectivity index (χ0v) is 8.69. The topological polar surface area (TPSA) is 43.4 Å². The highest BCUT2D eigenvalue weighted by Gasteiger charge is 2.23. The number of carbonyl (C=O) groups is 1. The minimum absolute atomic E-state index is 0.139. The molecule has 0 aliphatic carbocycles. The van der Waals surface area contributed by atoms with Gasteiger partial charge in [-0.05, 0) is 0 Å². The van der Waals surface area contributed by atoms with Crippen molar-refractivity contribution in [1.82, 2.24) is 0 Å². The minimum Gasteiger partial charge on any atom is -0.424 e. The molecule has 0 aromatic rings. The Kier molecular flexibility index (Phi) is 4.25. The van der Waals surface area contributed by atoms with Crippen LogP contribution in [0.5, 0.6) is 0 Å². The maximum atomic E-state index is 11.8. The summed E-state index contributed by atoms with van der Waals surface area (Å²) in [5.74, 6) is -0.456. The molecule has 0 amide bonds. The summed E-state index contributed by atoms with van der Waals surface area (Å²) >= 11 is 0. The van der Waals surface area contributed by atoms with Crippen LogP contribution in [0.25, 0.3) is 0 Å². The molecule has 3 nitrogen and oxygen atoms in total. The fourth-order valence-corrected chi connectivity index (χ4v) is 2.27. The first-order valence-corrected chi connectivity index (χ1v) is 6.00. The fraction of sp³-hybridized carbons (Fsp3) is 0.625. The summed E-state index contributed by atoms with van der Waals surface area (Å²) in [6, 6.07) is 0. The van der Waals surface area contributed by atoms with Gasteiger partial charge in [-0.25, -0.2) is 0 Å². The second kappa shape index (κ2) is 4.46. The molecule has 0 aromatic carbocycles. The Hall–Kier alpha value is -0.560. The highest BCUT2D eigenvalue weighted by Crippen LogP contribution is 2.52. The van der Waals surface area contributed by atoms with E-state index in [-0.39, 0.29) is 5.50 Å². The van der Waals surface area contributed by atoms with Gasteiger partial charge in [0.25, 0.3) is 0 Å². The van der Waals surface area contributed by atoms with Gasteiger partial charge in [-0.3, -0.25) is 4.79 Å². The molecule has 12 heavy (non-hydrogen) atoms. The minimum atomic E-state index is -2.46. The lowest BCUT2D eigenvalue weighted by molar-refractivity contribution is -0.135. The molecule has 0 saturated heterocycles. The number of ether oxygens (including phenoxy) is 1. The van der Waals surface area contributed by atoms with E-state index in [1.54, 1.807) is 13.8 Å². The van der Waals surface area contributed by atoms with Crippen LogP contribution in [0.1, 0.15) is 20.8 Å². The number of esters is 1. The van der Waals surface area contributed by atoms with E-state index in [2.05, 4.69) is 6.58 Å². The van der Waals surface area contributed by atoms with E-state index >= 15 is 0 Å². The Labute approximate surface area is 73.2 Å². The van der Waals surface area contributed by atoms with Crippen LogP contribution in [0.3, 0.4) is 0 Å². The van der Waals surface area contributed by atoms with E-state index in [1.807, 2.05) is 0 Å². The van der Waals surface area contributed by atoms with Crippen LogP contribution in [0.4, 0.5) is 0 Å². The lowest BCUT2D eigenvalue weighted by Crippen LogP contribution is -2.01. The Balaban J connectivity index is 4.44. The van der Waals surface area contributed by atoms with Crippen molar-refractivity contribution in [3.8, 4) is 0 Å². The van der Waals surface area contributed by atoms with E-state index < -0.39 is 13.1 Å². The maximum absolute atomic E-state index is 11.8. The molecule has 0 heterocycles. The van der Waals surface area contributed by atoms with Crippen molar-refractivity contribution in [1.29, 1.82) is 0 Å². The van der Waals surface area contributed by atoms with Gasteiger partial charge < -0.3 is 9.30 Å². The third-order valence-electron chi connectivity index (χ3n) is 1.74. The molecule has 0 spiro atoms. The average molecular weight is 190 g/mol. The molecule has 70 valence electrons. The van der Waals surface area contributed by atoms with Gasteiger partial charge >= 0.3 is 5.97 Å². The Morgan fingerprint density at radius 2 is 1.83 bits per heavy atom. The number of hydrogen-bond acceptors (Lipinski definition) is 3. The molecule has 0 saturated carbocycles. The Morgan fingerprint density at radius 1 is 1.42 bits per heavy atom. The molecule has 0 rings (SSSR count). The van der Waals surface area contributed by atoms with Crippen molar-refractivity contribution in [2.24, 2.45) is 0 Å². The van der Waals surface area contributed by atoms with Gasteiger partial charge in [0, 0.05) is 19.2 Å². The largest absolute Gasteiger partial charge is 0.424 e. The third kappa shape index (κ3) is 2.82. The molecule has 0 N–H and O–H groups in total. The van der Waals surface area contributed by atoms with E-state index in [0.29, 0.717) is 12.3 Å². The van der Waals surface area contributed by atoms with Crippen molar-refractivity contribution >= 4 is 13.1 Å². The third-order valence-corrected chi connectivity index (χ3v) is 4.78. The summed E-state index contributed by atoms with van der Waals surface area (Å²) in [5.41, 5.74) is 0.139. The van der Waals surface area contributed by atoms with Crippen LogP contribution in [0, 0.1) is 0 Å². The molecule has 0 aromatic heterocycles. The maximum Gasteiger partial charge on any atom is 0.308 e. The van der Waals surface area contributed by atoms with Crippen LogP contribution in [0.15, 0.2) is 12.1 Å². The highest BCUT2D eigenvalue weighted by atomic mass is 31.2. The van der Waals surface area contributed by atoms with Gasteiger partial charge in [-0.1, -0.05) is 20.4 Å². The SMILES string of the molecule is C=C(OC(C)=O)P(=O)(CC)CC. The highest BCUT2D eigenvalue weighted by molar-refractivity contribution is 7.67. The molecular weight excluding hydrogens is 175 g/mol. The average Bonchev–Trinajstić information content (AvgIpc) is 2.02. The molecule has 0 radical (unpaired) electrons. The smallest absolute Gasteiger partial charge is 0.308 e. The van der Waals surface area contributed by atoms with Crippen LogP contribution < -0.4 is 0 Å². The lowest BCUT2D eigenvalue weighted by atomic mass is 10.8. The summed E-state index contributed by atoms with van der Waals surface area (Å²) in [6.45, 7) is 8.39. The van der Waals surface area contributed by atoms with Crippen LogP contribution in [-0.2, 0) is 14.1 Å². The van der Waals surface area contributed by atoms with E-state index in [1.165, 1.54) is 6.92 Å². The zero-order chi connectivity index (χ0) is 9.78. The molecule has 0 fully saturated rings. The van der Waals surface area contributed by atoms with Crippen LogP contribution in [0.2, 0.25) is 0 Å². The normalized spacial score (nSPS) is 10.9. The predicted octanol–water partition coefficient (Wildman–Crippen LogP) is 2.42. The van der Waals surface area contributed by atoms with Gasteiger partial charge in [0.15, 0.2) is 5.50 Å². The molecular formula is C8H15O3P. The van der Waals surface area contributed by atoms with Crippen molar-refractivity contribution < 1.29 is 14.1 Å². The first kappa shape index (κ1) is 11.4. The van der Waals surface area contributed by atoms with Crippen LogP contribution >= 0.6 is 7.14 Å². The Morgan fingerprint density at radius 3 is 2.08 bits per heavy atom. The first-order chi connectivity index (χ1) is 5.46. The summed E-state index contributed by atoms with van der Waals surface area (Å²) in [7, 11) is -2.46. The fourth-order valence-electron chi connectivity index (χ4n) is 0.825. The summed E-state index contributed by atoms with van der Waals surface area (Å²) in [5, 5.41) is 0. The van der Waals surface area contributed by atoms with Gasteiger partial charge in [0.1, 0.15) is 7.14 Å². The van der Waals surface area contributed by atoms with Gasteiger partial charge in [0.2, 0.25) is 0 Å². The Bertz CT molecular complexity index is 224. The molecule has 0 atom stereocenters. The van der Waals surface area contributed by atoms with E-state index in [9.17, 15) is 9.36 Å². The number of carbonyl (C=O) groups excluding carboxylic acids is 1. The van der Waals surface area contributed by atoms with Crippen molar-refractivity contribution in [2.45, 2.75) is 20.8 Å². The van der Waals surface area contributed by atoms with E-state index in [0.717, 1.165) is 0 Å². The molecule has 4 heteroatoms. The number of hydrogen-bond donors (Lipinski definition) is 0. The van der Waals surface area contributed by atoms with Gasteiger partial charge in [-0.15, -0.1) is 0 Å². The standard InChI is InChI=1S/C8H15O3P/c1-5-12(10,6-2)8(4)11-7(3)9/h4-6H2,1-3H3. The molecule has 0 bridgehead atoms. The second-order valence-corrected chi connectivity index (χ2v) is 6.05. The van der Waals surface area contributed by atoms with Crippen molar-refractivity contribution in [3.63, 3.8) is 0 Å². The van der Waals surface area contributed by atoms with E-state index in [4.69, 9.17) is 4.74 Å². The lowest BCUT2D eigenvalue weighted by Gasteiger charge is -2.15. The van der Waals surface area contributed by atoms with Crippen molar-refractivity contribution in [3.05, 3.63) is 12.1 Å². The molecule has 0 unspecified atom stereocenters. The summed E-state index contributed by atoms with van der Waals surface area (Å²) in [6.07, 6.45) is 0.991. The quantitative estimate of drug-likeness (QED) is 0.388. The zero-order valence-electron chi connectivity index (χ0n) is 7.79. The van der Waals surface area contributed by atoms with Crippen LogP contribution in [-0.4, -0.2) is 18.3 Å². The summed E-state index contributed by atoms with van der Waals surface area (Å²) in [4.78, 5) is 10.5. The summed E-state index contributed by atoms with van der Waals surface area (Å²) < 4.78 is 16.5. The second-order valence-electron chi connectivity index (χ2n) is 2.51. The monoisotopic (exact) mass is 190 g/mol. The first-order valence-electron chi connectivity index (χ1n) is 3.92. The van der Waals surface area contributed by atoms with Gasteiger partial charge in [0.05, 0.1) is 0 Å². The molecule has 0 aliphatic heterocycles. The predicted molar refractivity (Wildman–Crippen MR) is 49.6 cm³/mol.